The molecule has 5 heteroatoms. The van der Waals surface area contributed by atoms with E-state index >= 15 is 0 Å². The van der Waals surface area contributed by atoms with Crippen LogP contribution >= 0.6 is 11.3 Å². The van der Waals surface area contributed by atoms with Crippen molar-refractivity contribution in [1.29, 1.82) is 0 Å². The summed E-state index contributed by atoms with van der Waals surface area (Å²) in [4.78, 5) is 19.3. The number of nitrogens with two attached hydrogens (primary N) is 1. The van der Waals surface area contributed by atoms with Gasteiger partial charge >= 0.3 is 0 Å². The van der Waals surface area contributed by atoms with Crippen molar-refractivity contribution in [2.45, 2.75) is 19.4 Å². The van der Waals surface area contributed by atoms with Crippen LogP contribution in [0, 0.1) is 6.92 Å². The van der Waals surface area contributed by atoms with Gasteiger partial charge in [0.1, 0.15) is 6.04 Å². The van der Waals surface area contributed by atoms with E-state index < -0.39 is 6.04 Å². The van der Waals surface area contributed by atoms with Gasteiger partial charge in [-0.2, -0.15) is 0 Å². The summed E-state index contributed by atoms with van der Waals surface area (Å²) in [5.41, 5.74) is 6.48. The zero-order chi connectivity index (χ0) is 14.5. The Morgan fingerprint density at radius 1 is 1.40 bits per heavy atom. The van der Waals surface area contributed by atoms with Crippen molar-refractivity contribution in [3.63, 3.8) is 0 Å². The predicted molar refractivity (Wildman–Crippen MR) is 81.6 cm³/mol. The average Bonchev–Trinajstić information content (AvgIpc) is 2.83. The van der Waals surface area contributed by atoms with Crippen LogP contribution < -0.4 is 5.73 Å². The highest BCUT2D eigenvalue weighted by Crippen LogP contribution is 2.20. The van der Waals surface area contributed by atoms with E-state index in [2.05, 4.69) is 4.98 Å². The maximum absolute atomic E-state index is 11.7. The number of carbonyl (C=O) groups excluding carboxylic acids is 1. The molecular weight excluding hydrogens is 270 g/mol. The van der Waals surface area contributed by atoms with Crippen LogP contribution in [0.5, 0.6) is 0 Å². The van der Waals surface area contributed by atoms with E-state index in [9.17, 15) is 4.79 Å². The Hall–Kier alpha value is -1.72. The third kappa shape index (κ3) is 3.65. The quantitative estimate of drug-likeness (QED) is 0.886. The van der Waals surface area contributed by atoms with E-state index in [0.29, 0.717) is 0 Å². The molecule has 0 aliphatic rings. The number of amides is 1. The van der Waals surface area contributed by atoms with Crippen LogP contribution in [0.15, 0.2) is 36.5 Å². The Morgan fingerprint density at radius 2 is 2.10 bits per heavy atom. The minimum atomic E-state index is -0.391. The molecule has 2 N–H and O–H groups in total. The first-order valence-electron chi connectivity index (χ1n) is 6.53. The second-order valence-electron chi connectivity index (χ2n) is 4.81. The van der Waals surface area contributed by atoms with Crippen molar-refractivity contribution < 1.29 is 4.79 Å². The smallest absolute Gasteiger partial charge is 0.239 e. The van der Waals surface area contributed by atoms with Crippen molar-refractivity contribution in [3.8, 4) is 0 Å². The second-order valence-corrected chi connectivity index (χ2v) is 6.13. The monoisotopic (exact) mass is 289 g/mol. The molecule has 0 aliphatic heterocycles. The van der Waals surface area contributed by atoms with Crippen LogP contribution in [0.4, 0.5) is 0 Å². The number of thiazole rings is 1. The highest BCUT2D eigenvalue weighted by atomic mass is 32.1. The topological polar surface area (TPSA) is 59.2 Å². The fraction of sp³-hybridized carbons (Fsp3) is 0.333. The summed E-state index contributed by atoms with van der Waals surface area (Å²) >= 11 is 1.69. The molecule has 1 atom stereocenters. The van der Waals surface area contributed by atoms with Gasteiger partial charge in [-0.25, -0.2) is 4.98 Å². The molecule has 1 heterocycles. The summed E-state index contributed by atoms with van der Waals surface area (Å²) < 4.78 is 0. The van der Waals surface area contributed by atoms with Crippen molar-refractivity contribution >= 4 is 17.2 Å². The molecule has 4 nitrogen and oxygen atoms in total. The molecule has 1 unspecified atom stereocenters. The molecule has 1 aromatic heterocycles. The largest absolute Gasteiger partial charge is 0.368 e. The number of likely N-dealkylation sites (N-methyl/N-ethyl adjacent to an activating group) is 1. The van der Waals surface area contributed by atoms with Gasteiger partial charge in [0, 0.05) is 24.0 Å². The van der Waals surface area contributed by atoms with Crippen molar-refractivity contribution in [3.05, 3.63) is 52.0 Å². The first-order valence-corrected chi connectivity index (χ1v) is 7.35. The van der Waals surface area contributed by atoms with Gasteiger partial charge in [0.05, 0.1) is 5.01 Å². The van der Waals surface area contributed by atoms with E-state index in [1.54, 1.807) is 11.3 Å². The minimum absolute atomic E-state index is 0.325. The molecule has 0 bridgehead atoms. The number of nitrogens with zero attached hydrogens (tertiary/aromatic N) is 2. The molecule has 1 amide bonds. The van der Waals surface area contributed by atoms with Crippen LogP contribution in [0.2, 0.25) is 0 Å². The van der Waals surface area contributed by atoms with Gasteiger partial charge in [-0.3, -0.25) is 9.69 Å². The fourth-order valence-corrected chi connectivity index (χ4v) is 2.97. The lowest BCUT2D eigenvalue weighted by atomic mass is 10.1. The Morgan fingerprint density at radius 3 is 2.65 bits per heavy atom. The molecule has 1 aromatic carbocycles. The summed E-state index contributed by atoms with van der Waals surface area (Å²) in [6, 6.07) is 9.24. The number of benzene rings is 1. The van der Waals surface area contributed by atoms with Crippen molar-refractivity contribution in [2.24, 2.45) is 5.73 Å². The third-order valence-corrected chi connectivity index (χ3v) is 4.15. The summed E-state index contributed by atoms with van der Waals surface area (Å²) in [7, 11) is 1.92. The third-order valence-electron chi connectivity index (χ3n) is 3.17. The number of rotatable bonds is 6. The van der Waals surface area contributed by atoms with Gasteiger partial charge < -0.3 is 5.73 Å². The van der Waals surface area contributed by atoms with Crippen molar-refractivity contribution in [1.82, 2.24) is 9.88 Å². The van der Waals surface area contributed by atoms with E-state index in [0.717, 1.165) is 23.5 Å². The van der Waals surface area contributed by atoms with Gasteiger partial charge in [-0.05, 0) is 19.5 Å². The molecule has 20 heavy (non-hydrogen) atoms. The molecule has 2 rings (SSSR count). The minimum Gasteiger partial charge on any atom is -0.368 e. The Balaban J connectivity index is 2.04. The summed E-state index contributed by atoms with van der Waals surface area (Å²) in [6.07, 6.45) is 2.70. The highest BCUT2D eigenvalue weighted by Gasteiger charge is 2.22. The summed E-state index contributed by atoms with van der Waals surface area (Å²) in [5.74, 6) is -0.325. The van der Waals surface area contributed by atoms with Crippen LogP contribution in [-0.2, 0) is 11.2 Å². The number of aromatic nitrogens is 1. The molecule has 106 valence electrons. The van der Waals surface area contributed by atoms with Gasteiger partial charge in [0.25, 0.3) is 0 Å². The molecule has 0 spiro atoms. The number of hydrogen-bond donors (Lipinski definition) is 1. The molecule has 0 fully saturated rings. The molecule has 0 radical (unpaired) electrons. The zero-order valence-electron chi connectivity index (χ0n) is 11.7. The SMILES string of the molecule is Cc1cnc(CCN(C)C(C(N)=O)c2ccccc2)s1. The molecule has 0 saturated carbocycles. The van der Waals surface area contributed by atoms with Gasteiger partial charge in [-0.1, -0.05) is 30.3 Å². The lowest BCUT2D eigenvalue weighted by Crippen LogP contribution is -2.36. The van der Waals surface area contributed by atoms with Gasteiger partial charge in [0.15, 0.2) is 0 Å². The highest BCUT2D eigenvalue weighted by molar-refractivity contribution is 7.11. The molecule has 0 aliphatic carbocycles. The molecule has 2 aromatic rings. The Kier molecular flexibility index (Phi) is 4.87. The molecule has 0 saturated heterocycles. The predicted octanol–water partition coefficient (Wildman–Crippen LogP) is 2.15. The number of carbonyl (C=O) groups is 1. The lowest BCUT2D eigenvalue weighted by Gasteiger charge is -2.25. The summed E-state index contributed by atoms with van der Waals surface area (Å²) in [5, 5.41) is 1.09. The first kappa shape index (κ1) is 14.7. The van der Waals surface area contributed by atoms with E-state index in [-0.39, 0.29) is 5.91 Å². The van der Waals surface area contributed by atoms with Crippen LogP contribution in [-0.4, -0.2) is 29.4 Å². The van der Waals surface area contributed by atoms with Crippen LogP contribution in [0.3, 0.4) is 0 Å². The zero-order valence-corrected chi connectivity index (χ0v) is 12.6. The maximum atomic E-state index is 11.7. The number of aryl methyl sites for hydroxylation is 1. The molecular formula is C15H19N3OS. The number of hydrogen-bond acceptors (Lipinski definition) is 4. The maximum Gasteiger partial charge on any atom is 0.239 e. The standard InChI is InChI=1S/C15H19N3OS/c1-11-10-17-13(20-11)8-9-18(2)14(15(16)19)12-6-4-3-5-7-12/h3-7,10,14H,8-9H2,1-2H3,(H2,16,19). The van der Waals surface area contributed by atoms with Crippen molar-refractivity contribution in [2.75, 3.05) is 13.6 Å². The van der Waals surface area contributed by atoms with Gasteiger partial charge in [0.2, 0.25) is 5.91 Å². The van der Waals surface area contributed by atoms with Crippen LogP contribution in [0.1, 0.15) is 21.5 Å². The van der Waals surface area contributed by atoms with Gasteiger partial charge in [-0.15, -0.1) is 11.3 Å². The van der Waals surface area contributed by atoms with E-state index in [4.69, 9.17) is 5.73 Å². The second kappa shape index (κ2) is 6.63. The van der Waals surface area contributed by atoms with E-state index in [1.807, 2.05) is 55.4 Å². The Labute approximate surface area is 123 Å². The first-order chi connectivity index (χ1) is 9.58. The Bertz CT molecular complexity index is 568. The normalized spacial score (nSPS) is 12.6. The fourth-order valence-electron chi connectivity index (χ4n) is 2.19. The number of primary amides is 1. The lowest BCUT2D eigenvalue weighted by molar-refractivity contribution is -0.123. The summed E-state index contributed by atoms with van der Waals surface area (Å²) in [6.45, 7) is 2.79. The van der Waals surface area contributed by atoms with Crippen LogP contribution in [0.25, 0.3) is 0 Å². The van der Waals surface area contributed by atoms with E-state index in [1.165, 1.54) is 4.88 Å². The average molecular weight is 289 g/mol.